The van der Waals surface area contributed by atoms with E-state index in [1.165, 1.54) is 31.5 Å². The van der Waals surface area contributed by atoms with Crippen molar-refractivity contribution in [3.05, 3.63) is 18.2 Å². The average Bonchev–Trinajstić information content (AvgIpc) is 2.89. The molecule has 1 saturated carbocycles. The number of hydrogen-bond acceptors (Lipinski definition) is 3. The van der Waals surface area contributed by atoms with E-state index >= 15 is 0 Å². The van der Waals surface area contributed by atoms with Gasteiger partial charge in [-0.15, -0.1) is 0 Å². The molecule has 5 heteroatoms. The summed E-state index contributed by atoms with van der Waals surface area (Å²) in [5.41, 5.74) is 0. The normalized spacial score (nSPS) is 23.9. The van der Waals surface area contributed by atoms with E-state index in [4.69, 9.17) is 5.11 Å². The van der Waals surface area contributed by atoms with E-state index in [1.54, 1.807) is 0 Å². The molecule has 0 aromatic carbocycles. The van der Waals surface area contributed by atoms with E-state index in [9.17, 15) is 4.79 Å². The minimum absolute atomic E-state index is 0.239. The number of carboxylic acids is 1. The van der Waals surface area contributed by atoms with Crippen molar-refractivity contribution in [1.29, 1.82) is 0 Å². The first kappa shape index (κ1) is 14.6. The highest BCUT2D eigenvalue weighted by Gasteiger charge is 2.26. The number of carboxylic acid groups (broad SMARTS) is 1. The van der Waals surface area contributed by atoms with Gasteiger partial charge in [0, 0.05) is 37.9 Å². The molecule has 0 bridgehead atoms. The third-order valence-corrected chi connectivity index (χ3v) is 4.94. The number of hydrogen-bond donors (Lipinski definition) is 1. The molecule has 1 aliphatic heterocycles. The highest BCUT2D eigenvalue weighted by Crippen LogP contribution is 2.31. The van der Waals surface area contributed by atoms with E-state index in [0.717, 1.165) is 32.0 Å². The molecular formula is C16H25N3O2. The summed E-state index contributed by atoms with van der Waals surface area (Å²) in [4.78, 5) is 17.6. The maximum atomic E-state index is 10.7. The molecule has 1 aromatic rings. The van der Waals surface area contributed by atoms with Crippen LogP contribution in [0, 0.1) is 5.92 Å². The van der Waals surface area contributed by atoms with Gasteiger partial charge < -0.3 is 14.6 Å². The predicted octanol–water partition coefficient (Wildman–Crippen LogP) is 2.34. The van der Waals surface area contributed by atoms with E-state index in [2.05, 4.69) is 20.6 Å². The lowest BCUT2D eigenvalue weighted by atomic mass is 9.85. The van der Waals surface area contributed by atoms with Gasteiger partial charge in [0.1, 0.15) is 5.82 Å². The van der Waals surface area contributed by atoms with Crippen molar-refractivity contribution in [3.63, 3.8) is 0 Å². The van der Waals surface area contributed by atoms with E-state index in [0.29, 0.717) is 12.5 Å². The molecule has 5 nitrogen and oxygen atoms in total. The van der Waals surface area contributed by atoms with Crippen LogP contribution >= 0.6 is 0 Å². The van der Waals surface area contributed by atoms with Crippen molar-refractivity contribution in [2.75, 3.05) is 19.6 Å². The summed E-state index contributed by atoms with van der Waals surface area (Å²) in [6.45, 7) is 3.75. The topological polar surface area (TPSA) is 58.4 Å². The summed E-state index contributed by atoms with van der Waals surface area (Å²) in [5, 5.41) is 8.83. The van der Waals surface area contributed by atoms with Crippen LogP contribution in [-0.4, -0.2) is 45.2 Å². The molecular weight excluding hydrogens is 266 g/mol. The molecule has 2 fully saturated rings. The fraction of sp³-hybridized carbons (Fsp3) is 0.750. The number of carbonyl (C=O) groups is 1. The van der Waals surface area contributed by atoms with Gasteiger partial charge in [-0.1, -0.05) is 6.42 Å². The Labute approximate surface area is 126 Å². The third kappa shape index (κ3) is 3.64. The molecule has 3 rings (SSSR count). The Morgan fingerprint density at radius 3 is 2.90 bits per heavy atom. The molecule has 0 unspecified atom stereocenters. The molecule has 0 spiro atoms. The van der Waals surface area contributed by atoms with Crippen LogP contribution in [0.1, 0.15) is 50.3 Å². The van der Waals surface area contributed by atoms with Crippen LogP contribution in [0.25, 0.3) is 0 Å². The van der Waals surface area contributed by atoms with Crippen molar-refractivity contribution in [1.82, 2.24) is 14.5 Å². The zero-order valence-electron chi connectivity index (χ0n) is 12.6. The van der Waals surface area contributed by atoms with Crippen LogP contribution < -0.4 is 0 Å². The van der Waals surface area contributed by atoms with Gasteiger partial charge in [-0.05, 0) is 38.1 Å². The Hall–Kier alpha value is -1.36. The first-order chi connectivity index (χ1) is 10.2. The number of imidazole rings is 1. The van der Waals surface area contributed by atoms with E-state index in [1.807, 2.05) is 6.20 Å². The van der Waals surface area contributed by atoms with Crippen molar-refractivity contribution < 1.29 is 9.90 Å². The Kier molecular flexibility index (Phi) is 4.58. The first-order valence-corrected chi connectivity index (χ1v) is 8.17. The minimum Gasteiger partial charge on any atom is -0.481 e. The SMILES string of the molecule is O=C(O)CCN1CCC[C@@H](c2nccn2CC2CCC2)C1. The number of likely N-dealkylation sites (tertiary alicyclic amines) is 1. The Morgan fingerprint density at radius 1 is 1.33 bits per heavy atom. The zero-order chi connectivity index (χ0) is 14.7. The van der Waals surface area contributed by atoms with Gasteiger partial charge >= 0.3 is 5.97 Å². The average molecular weight is 291 g/mol. The molecule has 2 aliphatic rings. The fourth-order valence-electron chi connectivity index (χ4n) is 3.51. The molecule has 0 radical (unpaired) electrons. The quantitative estimate of drug-likeness (QED) is 0.874. The molecule has 21 heavy (non-hydrogen) atoms. The summed E-state index contributed by atoms with van der Waals surface area (Å²) in [5.74, 6) is 1.80. The maximum absolute atomic E-state index is 10.7. The number of nitrogens with zero attached hydrogens (tertiary/aromatic N) is 3. The largest absolute Gasteiger partial charge is 0.481 e. The number of rotatable bonds is 6. The van der Waals surface area contributed by atoms with Gasteiger partial charge in [0.2, 0.25) is 0 Å². The molecule has 1 atom stereocenters. The Balaban J connectivity index is 1.60. The van der Waals surface area contributed by atoms with Gasteiger partial charge in [-0.2, -0.15) is 0 Å². The first-order valence-electron chi connectivity index (χ1n) is 8.17. The number of piperidine rings is 1. The summed E-state index contributed by atoms with van der Waals surface area (Å²) in [7, 11) is 0. The lowest BCUT2D eigenvalue weighted by Crippen LogP contribution is -2.37. The molecule has 1 N–H and O–H groups in total. The minimum atomic E-state index is -0.705. The van der Waals surface area contributed by atoms with Crippen LogP contribution in [0.15, 0.2) is 12.4 Å². The molecule has 1 aliphatic carbocycles. The van der Waals surface area contributed by atoms with Gasteiger partial charge in [0.15, 0.2) is 0 Å². The molecule has 0 amide bonds. The van der Waals surface area contributed by atoms with Crippen LogP contribution in [0.3, 0.4) is 0 Å². The molecule has 116 valence electrons. The highest BCUT2D eigenvalue weighted by atomic mass is 16.4. The second-order valence-corrected chi connectivity index (χ2v) is 6.52. The van der Waals surface area contributed by atoms with Gasteiger partial charge in [0.05, 0.1) is 6.42 Å². The van der Waals surface area contributed by atoms with Crippen molar-refractivity contribution >= 4 is 5.97 Å². The number of aromatic nitrogens is 2. The molecule has 1 saturated heterocycles. The summed E-state index contributed by atoms with van der Waals surface area (Å²) in [6, 6.07) is 0. The summed E-state index contributed by atoms with van der Waals surface area (Å²) < 4.78 is 2.34. The Morgan fingerprint density at radius 2 is 2.19 bits per heavy atom. The second-order valence-electron chi connectivity index (χ2n) is 6.52. The second kappa shape index (κ2) is 6.60. The molecule has 1 aromatic heterocycles. The third-order valence-electron chi connectivity index (χ3n) is 4.94. The van der Waals surface area contributed by atoms with Crippen LogP contribution in [-0.2, 0) is 11.3 Å². The van der Waals surface area contributed by atoms with Crippen LogP contribution in [0.2, 0.25) is 0 Å². The number of aliphatic carboxylic acids is 1. The monoisotopic (exact) mass is 291 g/mol. The predicted molar refractivity (Wildman–Crippen MR) is 80.2 cm³/mol. The van der Waals surface area contributed by atoms with Crippen molar-refractivity contribution in [2.45, 2.75) is 51.0 Å². The van der Waals surface area contributed by atoms with E-state index < -0.39 is 5.97 Å². The van der Waals surface area contributed by atoms with Gasteiger partial charge in [-0.25, -0.2) is 4.98 Å². The lowest BCUT2D eigenvalue weighted by Gasteiger charge is -2.33. The highest BCUT2D eigenvalue weighted by molar-refractivity contribution is 5.66. The van der Waals surface area contributed by atoms with Gasteiger partial charge in [0.25, 0.3) is 0 Å². The van der Waals surface area contributed by atoms with E-state index in [-0.39, 0.29) is 6.42 Å². The van der Waals surface area contributed by atoms with Crippen LogP contribution in [0.5, 0.6) is 0 Å². The standard InChI is InChI=1S/C16H25N3O2/c20-15(21)6-9-18-8-2-5-14(12-18)16-17-7-10-19(16)11-13-3-1-4-13/h7,10,13-14H,1-6,8-9,11-12H2,(H,20,21)/t14-/m1/s1. The van der Waals surface area contributed by atoms with Crippen molar-refractivity contribution in [3.8, 4) is 0 Å². The Bertz CT molecular complexity index is 482. The lowest BCUT2D eigenvalue weighted by molar-refractivity contribution is -0.137. The zero-order valence-corrected chi connectivity index (χ0v) is 12.6. The maximum Gasteiger partial charge on any atom is 0.304 e. The molecule has 2 heterocycles. The van der Waals surface area contributed by atoms with Crippen LogP contribution in [0.4, 0.5) is 0 Å². The fourth-order valence-corrected chi connectivity index (χ4v) is 3.51. The smallest absolute Gasteiger partial charge is 0.304 e. The van der Waals surface area contributed by atoms with Crippen molar-refractivity contribution in [2.24, 2.45) is 5.92 Å². The summed E-state index contributed by atoms with van der Waals surface area (Å²) >= 11 is 0. The summed E-state index contributed by atoms with van der Waals surface area (Å²) in [6.07, 6.45) is 10.7. The van der Waals surface area contributed by atoms with Gasteiger partial charge in [-0.3, -0.25) is 4.79 Å².